The highest BCUT2D eigenvalue weighted by atomic mass is 35.5. The van der Waals surface area contributed by atoms with Gasteiger partial charge in [0.2, 0.25) is 0 Å². The SMILES string of the molecule is CCNC(c1scc(C)c1Cl)C1CCCC1. The van der Waals surface area contributed by atoms with Crippen LogP contribution in [0.4, 0.5) is 0 Å². The Hall–Kier alpha value is -0.0500. The molecular weight excluding hydrogens is 238 g/mol. The van der Waals surface area contributed by atoms with Crippen LogP contribution in [0, 0.1) is 12.8 Å². The Morgan fingerprint density at radius 1 is 1.50 bits per heavy atom. The molecule has 2 rings (SSSR count). The number of thiophene rings is 1. The summed E-state index contributed by atoms with van der Waals surface area (Å²) in [5, 5.41) is 6.79. The van der Waals surface area contributed by atoms with Crippen molar-refractivity contribution < 1.29 is 0 Å². The fourth-order valence-electron chi connectivity index (χ4n) is 2.64. The average molecular weight is 258 g/mol. The maximum atomic E-state index is 6.39. The minimum absolute atomic E-state index is 0.485. The number of nitrogens with one attached hydrogen (secondary N) is 1. The Balaban J connectivity index is 2.20. The second kappa shape index (κ2) is 5.52. The van der Waals surface area contributed by atoms with Crippen LogP contribution in [0.5, 0.6) is 0 Å². The smallest absolute Gasteiger partial charge is 0.0590 e. The van der Waals surface area contributed by atoms with Gasteiger partial charge >= 0.3 is 0 Å². The van der Waals surface area contributed by atoms with E-state index >= 15 is 0 Å². The predicted octanol–water partition coefficient (Wildman–Crippen LogP) is 4.55. The zero-order chi connectivity index (χ0) is 11.5. The van der Waals surface area contributed by atoms with Crippen molar-refractivity contribution in [2.45, 2.75) is 45.6 Å². The molecule has 3 heteroatoms. The molecular formula is C13H20ClNS. The minimum atomic E-state index is 0.485. The third kappa shape index (κ3) is 2.44. The first kappa shape index (κ1) is 12.4. The average Bonchev–Trinajstić information content (AvgIpc) is 2.89. The van der Waals surface area contributed by atoms with Gasteiger partial charge in [0.15, 0.2) is 0 Å². The minimum Gasteiger partial charge on any atom is -0.309 e. The Bertz CT molecular complexity index is 342. The Morgan fingerprint density at radius 2 is 2.19 bits per heavy atom. The van der Waals surface area contributed by atoms with Crippen LogP contribution in [0.3, 0.4) is 0 Å². The third-order valence-corrected chi connectivity index (χ3v) is 5.30. The van der Waals surface area contributed by atoms with Crippen molar-refractivity contribution in [3.05, 3.63) is 20.8 Å². The number of hydrogen-bond acceptors (Lipinski definition) is 2. The van der Waals surface area contributed by atoms with Crippen molar-refractivity contribution in [3.8, 4) is 0 Å². The van der Waals surface area contributed by atoms with Crippen LogP contribution >= 0.6 is 22.9 Å². The Morgan fingerprint density at radius 3 is 2.69 bits per heavy atom. The van der Waals surface area contributed by atoms with Gasteiger partial charge in [-0.05, 0) is 43.2 Å². The summed E-state index contributed by atoms with van der Waals surface area (Å²) in [7, 11) is 0. The molecule has 1 aliphatic carbocycles. The lowest BCUT2D eigenvalue weighted by atomic mass is 9.96. The summed E-state index contributed by atoms with van der Waals surface area (Å²) in [6.07, 6.45) is 5.47. The van der Waals surface area contributed by atoms with Crippen molar-refractivity contribution in [3.63, 3.8) is 0 Å². The van der Waals surface area contributed by atoms with Crippen LogP contribution in [0.2, 0.25) is 5.02 Å². The summed E-state index contributed by atoms with van der Waals surface area (Å²) >= 11 is 8.20. The molecule has 0 aliphatic heterocycles. The standard InChI is InChI=1S/C13H20ClNS/c1-3-15-12(10-6-4-5-7-10)13-11(14)9(2)8-16-13/h8,10,12,15H,3-7H2,1-2H3. The van der Waals surface area contributed by atoms with Crippen LogP contribution < -0.4 is 5.32 Å². The van der Waals surface area contributed by atoms with Gasteiger partial charge in [-0.1, -0.05) is 31.4 Å². The molecule has 0 spiro atoms. The second-order valence-electron chi connectivity index (χ2n) is 4.68. The molecule has 0 saturated heterocycles. The molecule has 1 aromatic heterocycles. The van der Waals surface area contributed by atoms with Gasteiger partial charge in [-0.25, -0.2) is 0 Å². The lowest BCUT2D eigenvalue weighted by molar-refractivity contribution is 0.379. The van der Waals surface area contributed by atoms with Gasteiger partial charge in [0.05, 0.1) is 5.02 Å². The number of hydrogen-bond donors (Lipinski definition) is 1. The molecule has 90 valence electrons. The molecule has 1 heterocycles. The van der Waals surface area contributed by atoms with Crippen LogP contribution in [-0.4, -0.2) is 6.54 Å². The summed E-state index contributed by atoms with van der Waals surface area (Å²) in [4.78, 5) is 1.35. The van der Waals surface area contributed by atoms with E-state index in [1.807, 2.05) is 11.3 Å². The van der Waals surface area contributed by atoms with E-state index in [0.29, 0.717) is 6.04 Å². The Kier molecular flexibility index (Phi) is 4.28. The van der Waals surface area contributed by atoms with Crippen LogP contribution in [0.25, 0.3) is 0 Å². The zero-order valence-corrected chi connectivity index (χ0v) is 11.6. The molecule has 1 atom stereocenters. The lowest BCUT2D eigenvalue weighted by Crippen LogP contribution is -2.26. The van der Waals surface area contributed by atoms with Crippen LogP contribution in [0.1, 0.15) is 49.1 Å². The molecule has 1 N–H and O–H groups in total. The van der Waals surface area contributed by atoms with Gasteiger partial charge in [0.1, 0.15) is 0 Å². The molecule has 1 aromatic rings. The molecule has 0 aromatic carbocycles. The summed E-state index contributed by atoms with van der Waals surface area (Å²) in [6, 6.07) is 0.485. The number of aryl methyl sites for hydroxylation is 1. The number of rotatable bonds is 4. The third-order valence-electron chi connectivity index (χ3n) is 3.50. The van der Waals surface area contributed by atoms with Gasteiger partial charge in [-0.15, -0.1) is 11.3 Å². The fourth-order valence-corrected chi connectivity index (χ4v) is 4.12. The largest absolute Gasteiger partial charge is 0.309 e. The van der Waals surface area contributed by atoms with E-state index in [9.17, 15) is 0 Å². The maximum Gasteiger partial charge on any atom is 0.0590 e. The zero-order valence-electron chi connectivity index (χ0n) is 10.1. The molecule has 0 radical (unpaired) electrons. The Labute approximate surface area is 107 Å². The monoisotopic (exact) mass is 257 g/mol. The van der Waals surface area contributed by atoms with E-state index < -0.39 is 0 Å². The molecule has 1 unspecified atom stereocenters. The molecule has 16 heavy (non-hydrogen) atoms. The quantitative estimate of drug-likeness (QED) is 0.834. The maximum absolute atomic E-state index is 6.39. The van der Waals surface area contributed by atoms with Gasteiger partial charge < -0.3 is 5.32 Å². The fraction of sp³-hybridized carbons (Fsp3) is 0.692. The molecule has 1 nitrogen and oxygen atoms in total. The first-order chi connectivity index (χ1) is 7.74. The molecule has 0 bridgehead atoms. The molecule has 0 amide bonds. The van der Waals surface area contributed by atoms with Crippen molar-refractivity contribution in [2.24, 2.45) is 5.92 Å². The van der Waals surface area contributed by atoms with E-state index in [1.165, 1.54) is 36.1 Å². The van der Waals surface area contributed by atoms with Crippen molar-refractivity contribution in [1.29, 1.82) is 0 Å². The normalized spacial score (nSPS) is 19.2. The summed E-state index contributed by atoms with van der Waals surface area (Å²) < 4.78 is 0. The van der Waals surface area contributed by atoms with Crippen molar-refractivity contribution in [2.75, 3.05) is 6.54 Å². The first-order valence-corrected chi connectivity index (χ1v) is 7.46. The topological polar surface area (TPSA) is 12.0 Å². The van der Waals surface area contributed by atoms with E-state index in [-0.39, 0.29) is 0 Å². The highest BCUT2D eigenvalue weighted by Crippen LogP contribution is 2.41. The van der Waals surface area contributed by atoms with Gasteiger partial charge in [0.25, 0.3) is 0 Å². The van der Waals surface area contributed by atoms with E-state index in [2.05, 4.69) is 24.5 Å². The summed E-state index contributed by atoms with van der Waals surface area (Å²) in [6.45, 7) is 5.30. The van der Waals surface area contributed by atoms with E-state index in [4.69, 9.17) is 11.6 Å². The van der Waals surface area contributed by atoms with Crippen LogP contribution in [0.15, 0.2) is 5.38 Å². The van der Waals surface area contributed by atoms with Crippen LogP contribution in [-0.2, 0) is 0 Å². The van der Waals surface area contributed by atoms with E-state index in [0.717, 1.165) is 17.5 Å². The lowest BCUT2D eigenvalue weighted by Gasteiger charge is -2.23. The summed E-state index contributed by atoms with van der Waals surface area (Å²) in [5.41, 5.74) is 1.22. The predicted molar refractivity (Wildman–Crippen MR) is 72.4 cm³/mol. The highest BCUT2D eigenvalue weighted by Gasteiger charge is 2.28. The molecule has 1 fully saturated rings. The number of halogens is 1. The summed E-state index contributed by atoms with van der Waals surface area (Å²) in [5.74, 6) is 0.787. The first-order valence-electron chi connectivity index (χ1n) is 6.21. The molecule has 1 aliphatic rings. The van der Waals surface area contributed by atoms with Crippen molar-refractivity contribution in [1.82, 2.24) is 5.32 Å². The molecule has 1 saturated carbocycles. The van der Waals surface area contributed by atoms with Gasteiger partial charge in [0, 0.05) is 10.9 Å². The van der Waals surface area contributed by atoms with Gasteiger partial charge in [-0.2, -0.15) is 0 Å². The van der Waals surface area contributed by atoms with Crippen molar-refractivity contribution >= 4 is 22.9 Å². The van der Waals surface area contributed by atoms with E-state index in [1.54, 1.807) is 0 Å². The second-order valence-corrected chi connectivity index (χ2v) is 5.97. The van der Waals surface area contributed by atoms with Gasteiger partial charge in [-0.3, -0.25) is 0 Å². The highest BCUT2D eigenvalue weighted by molar-refractivity contribution is 7.10.